The summed E-state index contributed by atoms with van der Waals surface area (Å²) in [5.74, 6) is 1.11. The van der Waals surface area contributed by atoms with Crippen LogP contribution in [-0.2, 0) is 0 Å². The monoisotopic (exact) mass is 527 g/mol. The van der Waals surface area contributed by atoms with Crippen molar-refractivity contribution >= 4 is 46.8 Å². The second-order valence-corrected chi connectivity index (χ2v) is 10.2. The van der Waals surface area contributed by atoms with Crippen LogP contribution in [-0.4, -0.2) is 69.3 Å². The Hall–Kier alpha value is -3.17. The van der Waals surface area contributed by atoms with Gasteiger partial charge in [-0.15, -0.1) is 0 Å². The second-order valence-electron chi connectivity index (χ2n) is 9.31. The first kappa shape index (κ1) is 24.5. The summed E-state index contributed by atoms with van der Waals surface area (Å²) in [4.78, 5) is 36.3. The summed E-state index contributed by atoms with van der Waals surface area (Å²) >= 11 is 12.6. The van der Waals surface area contributed by atoms with Crippen molar-refractivity contribution in [2.24, 2.45) is 0 Å². The smallest absolute Gasteiger partial charge is 0.337 e. The molecule has 188 valence electrons. The van der Waals surface area contributed by atoms with Gasteiger partial charge in [-0.1, -0.05) is 23.2 Å². The normalized spacial score (nSPS) is 20.2. The molecule has 0 aliphatic carbocycles. The molecule has 11 heteroatoms. The highest BCUT2D eigenvalue weighted by atomic mass is 35.5. The molecule has 9 nitrogen and oxygen atoms in total. The Balaban J connectivity index is 1.45. The molecule has 0 spiro atoms. The lowest BCUT2D eigenvalue weighted by atomic mass is 10.1. The first-order chi connectivity index (χ1) is 17.3. The van der Waals surface area contributed by atoms with Crippen LogP contribution in [0.5, 0.6) is 0 Å². The van der Waals surface area contributed by atoms with E-state index in [0.717, 1.165) is 42.4 Å². The van der Waals surface area contributed by atoms with E-state index in [2.05, 4.69) is 38.5 Å². The number of pyridine rings is 2. The minimum Gasteiger partial charge on any atom is -0.478 e. The van der Waals surface area contributed by atoms with Crippen LogP contribution in [0.4, 0.5) is 17.6 Å². The lowest BCUT2D eigenvalue weighted by molar-refractivity contribution is 0.0696. The highest BCUT2D eigenvalue weighted by molar-refractivity contribution is 6.33. The van der Waals surface area contributed by atoms with E-state index in [-0.39, 0.29) is 11.6 Å². The van der Waals surface area contributed by atoms with Gasteiger partial charge in [0.1, 0.15) is 11.6 Å². The number of carboxylic acids is 1. The average molecular weight is 528 g/mol. The molecule has 2 saturated heterocycles. The Morgan fingerprint density at radius 2 is 1.83 bits per heavy atom. The van der Waals surface area contributed by atoms with Crippen molar-refractivity contribution in [3.63, 3.8) is 0 Å². The van der Waals surface area contributed by atoms with E-state index in [0.29, 0.717) is 41.5 Å². The summed E-state index contributed by atoms with van der Waals surface area (Å²) in [5, 5.41) is 10.1. The Morgan fingerprint density at radius 1 is 1.00 bits per heavy atom. The van der Waals surface area contributed by atoms with Crippen LogP contribution in [0.3, 0.4) is 0 Å². The van der Waals surface area contributed by atoms with E-state index in [1.54, 1.807) is 12.4 Å². The minimum absolute atomic E-state index is 0.0723. The first-order valence-electron chi connectivity index (χ1n) is 12.0. The summed E-state index contributed by atoms with van der Waals surface area (Å²) in [6.07, 6.45) is 6.96. The van der Waals surface area contributed by atoms with Gasteiger partial charge in [0, 0.05) is 68.5 Å². The first-order valence-corrected chi connectivity index (χ1v) is 12.7. The molecule has 3 aromatic rings. The molecular formula is C25H27Cl2N7O2. The van der Waals surface area contributed by atoms with Crippen molar-refractivity contribution in [3.05, 3.63) is 52.4 Å². The molecule has 0 bridgehead atoms. The Labute approximate surface area is 219 Å². The van der Waals surface area contributed by atoms with Crippen molar-refractivity contribution in [2.45, 2.75) is 38.8 Å². The van der Waals surface area contributed by atoms with Gasteiger partial charge in [0.15, 0.2) is 0 Å². The molecule has 0 saturated carbocycles. The topological polar surface area (TPSA) is 98.6 Å². The van der Waals surface area contributed by atoms with Crippen LogP contribution in [0.25, 0.3) is 11.3 Å². The molecular weight excluding hydrogens is 501 g/mol. The standard InChI is InChI=1S/C25H27Cl2N7O2/c1-15-4-3-5-34(15)25-30-21(17-8-19(26)13-28-11-17)10-22(31-25)33-7-6-32(14-16(33)2)23-20(27)9-18(12-29-23)24(35)36/h8-13,15-16H,3-7,14H2,1-2H3,(H,35,36)/t15?,16-/m1/s1. The van der Waals surface area contributed by atoms with Crippen LogP contribution in [0.2, 0.25) is 10.0 Å². The van der Waals surface area contributed by atoms with Gasteiger partial charge < -0.3 is 19.8 Å². The van der Waals surface area contributed by atoms with Gasteiger partial charge in [-0.3, -0.25) is 4.98 Å². The average Bonchev–Trinajstić information content (AvgIpc) is 3.29. The molecule has 2 atom stereocenters. The van der Waals surface area contributed by atoms with Crippen LogP contribution in [0, 0.1) is 0 Å². The molecule has 0 aromatic carbocycles. The zero-order valence-corrected chi connectivity index (χ0v) is 21.6. The highest BCUT2D eigenvalue weighted by Gasteiger charge is 2.30. The van der Waals surface area contributed by atoms with E-state index in [1.165, 1.54) is 12.3 Å². The number of hydrogen-bond donors (Lipinski definition) is 1. The van der Waals surface area contributed by atoms with Gasteiger partial charge in [-0.2, -0.15) is 4.98 Å². The van der Waals surface area contributed by atoms with Crippen molar-refractivity contribution in [1.82, 2.24) is 19.9 Å². The minimum atomic E-state index is -1.05. The van der Waals surface area contributed by atoms with Crippen LogP contribution < -0.4 is 14.7 Å². The summed E-state index contributed by atoms with van der Waals surface area (Å²) in [7, 11) is 0. The highest BCUT2D eigenvalue weighted by Crippen LogP contribution is 2.32. The number of nitrogens with zero attached hydrogens (tertiary/aromatic N) is 7. The lowest BCUT2D eigenvalue weighted by Crippen LogP contribution is -2.52. The number of carboxylic acid groups (broad SMARTS) is 1. The quantitative estimate of drug-likeness (QED) is 0.508. The van der Waals surface area contributed by atoms with Gasteiger partial charge >= 0.3 is 5.97 Å². The van der Waals surface area contributed by atoms with E-state index < -0.39 is 5.97 Å². The number of hydrogen-bond acceptors (Lipinski definition) is 8. The molecule has 2 aliphatic rings. The predicted octanol–water partition coefficient (Wildman–Crippen LogP) is 4.64. The zero-order chi connectivity index (χ0) is 25.4. The molecule has 0 radical (unpaired) electrons. The van der Waals surface area contributed by atoms with Gasteiger partial charge in [-0.05, 0) is 38.8 Å². The van der Waals surface area contributed by atoms with Crippen LogP contribution in [0.15, 0.2) is 36.8 Å². The summed E-state index contributed by atoms with van der Waals surface area (Å²) < 4.78 is 0. The fraction of sp³-hybridized carbons (Fsp3) is 0.400. The van der Waals surface area contributed by atoms with E-state index >= 15 is 0 Å². The maximum Gasteiger partial charge on any atom is 0.337 e. The predicted molar refractivity (Wildman–Crippen MR) is 142 cm³/mol. The van der Waals surface area contributed by atoms with E-state index in [1.807, 2.05) is 12.1 Å². The van der Waals surface area contributed by atoms with Gasteiger partial charge in [0.25, 0.3) is 0 Å². The number of rotatable bonds is 5. The summed E-state index contributed by atoms with van der Waals surface area (Å²) in [6.45, 7) is 7.28. The number of anilines is 3. The van der Waals surface area contributed by atoms with Gasteiger partial charge in [0.05, 0.1) is 21.3 Å². The molecule has 1 unspecified atom stereocenters. The SMILES string of the molecule is CC1CCCN1c1nc(-c2cncc(Cl)c2)cc(N2CCN(c3ncc(C(=O)O)cc3Cl)C[C@H]2C)n1. The number of carbonyl (C=O) groups is 1. The van der Waals surface area contributed by atoms with Crippen molar-refractivity contribution < 1.29 is 9.90 Å². The Morgan fingerprint density at radius 3 is 2.50 bits per heavy atom. The number of aromatic carboxylic acids is 1. The summed E-state index contributed by atoms with van der Waals surface area (Å²) in [6, 6.07) is 5.79. The molecule has 0 amide bonds. The third-order valence-corrected chi connectivity index (χ3v) is 7.29. The molecule has 2 aliphatic heterocycles. The number of piperazine rings is 1. The number of halogens is 2. The molecule has 2 fully saturated rings. The fourth-order valence-corrected chi connectivity index (χ4v) is 5.36. The molecule has 1 N–H and O–H groups in total. The maximum atomic E-state index is 11.2. The van der Waals surface area contributed by atoms with E-state index in [4.69, 9.17) is 33.2 Å². The zero-order valence-electron chi connectivity index (χ0n) is 20.1. The largest absolute Gasteiger partial charge is 0.478 e. The molecule has 36 heavy (non-hydrogen) atoms. The van der Waals surface area contributed by atoms with Crippen molar-refractivity contribution in [1.29, 1.82) is 0 Å². The van der Waals surface area contributed by atoms with Gasteiger partial charge in [0.2, 0.25) is 5.95 Å². The fourth-order valence-electron chi connectivity index (χ4n) is 4.90. The maximum absolute atomic E-state index is 11.2. The molecule has 3 aromatic heterocycles. The Kier molecular flexibility index (Phi) is 6.85. The molecule has 5 heterocycles. The lowest BCUT2D eigenvalue weighted by Gasteiger charge is -2.41. The number of aromatic nitrogens is 4. The van der Waals surface area contributed by atoms with Crippen LogP contribution >= 0.6 is 23.2 Å². The summed E-state index contributed by atoms with van der Waals surface area (Å²) in [5.41, 5.74) is 1.70. The third kappa shape index (κ3) is 4.90. The van der Waals surface area contributed by atoms with Crippen LogP contribution in [0.1, 0.15) is 37.0 Å². The van der Waals surface area contributed by atoms with Crippen molar-refractivity contribution in [2.75, 3.05) is 40.9 Å². The van der Waals surface area contributed by atoms with Crippen molar-refractivity contribution in [3.8, 4) is 11.3 Å². The van der Waals surface area contributed by atoms with E-state index in [9.17, 15) is 9.90 Å². The van der Waals surface area contributed by atoms with Gasteiger partial charge in [-0.25, -0.2) is 14.8 Å². The Bertz CT molecular complexity index is 1290. The third-order valence-electron chi connectivity index (χ3n) is 6.80. The second kappa shape index (κ2) is 10.1. The molecule has 5 rings (SSSR count).